The largest absolute Gasteiger partial charge is 0.481 e. The van der Waals surface area contributed by atoms with E-state index < -0.39 is 23.4 Å². The molecule has 2 aliphatic heterocycles. The Morgan fingerprint density at radius 3 is 2.58 bits per heavy atom. The van der Waals surface area contributed by atoms with Crippen molar-refractivity contribution in [2.75, 3.05) is 30.4 Å². The molecule has 0 radical (unpaired) electrons. The molecule has 6 rings (SSSR count). The molecule has 3 aliphatic rings. The molecule has 8 nitrogen and oxygen atoms in total. The number of halogens is 3. The highest BCUT2D eigenvalue weighted by atomic mass is 19.2. The van der Waals surface area contributed by atoms with Gasteiger partial charge in [0.2, 0.25) is 11.8 Å². The fraction of sp³-hybridized carbons (Fsp3) is 0.520. The summed E-state index contributed by atoms with van der Waals surface area (Å²) in [5.41, 5.74) is 0.129. The second-order valence-electron chi connectivity index (χ2n) is 9.92. The lowest BCUT2D eigenvalue weighted by molar-refractivity contribution is 0.372. The fourth-order valence-electron chi connectivity index (χ4n) is 6.09. The highest BCUT2D eigenvalue weighted by Crippen LogP contribution is 2.40. The van der Waals surface area contributed by atoms with Crippen molar-refractivity contribution in [2.24, 2.45) is 11.8 Å². The van der Waals surface area contributed by atoms with Gasteiger partial charge >= 0.3 is 0 Å². The Hall–Kier alpha value is -3.37. The number of aryl methyl sites for hydroxylation is 1. The molecule has 0 spiro atoms. The van der Waals surface area contributed by atoms with Crippen LogP contribution in [0.2, 0.25) is 0 Å². The lowest BCUT2D eigenvalue weighted by Crippen LogP contribution is -2.48. The predicted octanol–water partition coefficient (Wildman–Crippen LogP) is 4.14. The van der Waals surface area contributed by atoms with Crippen LogP contribution in [0.5, 0.6) is 5.88 Å². The van der Waals surface area contributed by atoms with Gasteiger partial charge in [0.05, 0.1) is 7.11 Å². The number of aromatic nitrogens is 5. The summed E-state index contributed by atoms with van der Waals surface area (Å²) in [6.45, 7) is 2.36. The van der Waals surface area contributed by atoms with Crippen molar-refractivity contribution in [3.63, 3.8) is 0 Å². The summed E-state index contributed by atoms with van der Waals surface area (Å²) >= 11 is 0. The van der Waals surface area contributed by atoms with Gasteiger partial charge in [0.15, 0.2) is 17.5 Å². The van der Waals surface area contributed by atoms with E-state index in [1.807, 2.05) is 6.07 Å². The summed E-state index contributed by atoms with van der Waals surface area (Å²) in [5, 5.41) is 8.27. The molecular weight excluding hydrogens is 471 g/mol. The van der Waals surface area contributed by atoms with Crippen molar-refractivity contribution in [2.45, 2.75) is 50.6 Å². The Kier molecular flexibility index (Phi) is 5.93. The van der Waals surface area contributed by atoms with E-state index in [0.29, 0.717) is 42.5 Å². The van der Waals surface area contributed by atoms with Gasteiger partial charge in [-0.1, -0.05) is 12.5 Å². The van der Waals surface area contributed by atoms with E-state index in [2.05, 4.69) is 20.2 Å². The third kappa shape index (κ3) is 4.04. The normalized spacial score (nSPS) is 25.4. The number of piperidine rings is 1. The van der Waals surface area contributed by atoms with Crippen LogP contribution in [-0.2, 0) is 6.54 Å². The smallest absolute Gasteiger partial charge is 0.242 e. The van der Waals surface area contributed by atoms with E-state index in [4.69, 9.17) is 14.8 Å². The predicted molar refractivity (Wildman–Crippen MR) is 126 cm³/mol. The van der Waals surface area contributed by atoms with Crippen LogP contribution in [0.15, 0.2) is 24.5 Å². The van der Waals surface area contributed by atoms with Gasteiger partial charge in [0.1, 0.15) is 18.0 Å². The van der Waals surface area contributed by atoms with Crippen molar-refractivity contribution < 1.29 is 17.9 Å². The molecule has 3 aromatic rings. The van der Waals surface area contributed by atoms with Crippen molar-refractivity contribution in [3.8, 4) is 5.88 Å². The third-order valence-electron chi connectivity index (χ3n) is 7.86. The lowest BCUT2D eigenvalue weighted by atomic mass is 9.92. The number of nitrogens with one attached hydrogen (secondary N) is 1. The molecule has 1 aliphatic carbocycles. The van der Waals surface area contributed by atoms with Crippen LogP contribution in [-0.4, -0.2) is 51.0 Å². The number of hydrogen-bond acceptors (Lipinski definition) is 7. The molecule has 2 bridgehead atoms. The minimum atomic E-state index is -1.44. The van der Waals surface area contributed by atoms with Crippen LogP contribution in [0, 0.1) is 29.3 Å². The molecule has 1 unspecified atom stereocenters. The molecule has 0 amide bonds. The zero-order valence-corrected chi connectivity index (χ0v) is 20.0. The van der Waals surface area contributed by atoms with E-state index in [1.54, 1.807) is 11.8 Å². The highest BCUT2D eigenvalue weighted by molar-refractivity contribution is 5.43. The Labute approximate surface area is 206 Å². The van der Waals surface area contributed by atoms with Gasteiger partial charge in [-0.2, -0.15) is 4.98 Å². The first-order valence-corrected chi connectivity index (χ1v) is 12.5. The first-order valence-electron chi connectivity index (χ1n) is 12.5. The van der Waals surface area contributed by atoms with Gasteiger partial charge in [-0.15, -0.1) is 5.10 Å². The highest BCUT2D eigenvalue weighted by Gasteiger charge is 2.43. The van der Waals surface area contributed by atoms with Crippen LogP contribution < -0.4 is 15.0 Å². The van der Waals surface area contributed by atoms with Gasteiger partial charge in [-0.25, -0.2) is 27.8 Å². The number of hydrogen-bond donors (Lipinski definition) is 1. The molecule has 2 aromatic heterocycles. The van der Waals surface area contributed by atoms with Crippen molar-refractivity contribution in [1.82, 2.24) is 24.7 Å². The van der Waals surface area contributed by atoms with Gasteiger partial charge in [-0.3, -0.25) is 0 Å². The molecule has 4 atom stereocenters. The minimum absolute atomic E-state index is 0.129. The maximum absolute atomic E-state index is 14.7. The number of rotatable bonds is 5. The number of methoxy groups -OCH3 is 1. The lowest BCUT2D eigenvalue weighted by Gasteiger charge is -2.38. The van der Waals surface area contributed by atoms with Crippen LogP contribution >= 0.6 is 0 Å². The maximum atomic E-state index is 14.7. The van der Waals surface area contributed by atoms with E-state index in [0.717, 1.165) is 50.7 Å². The molecule has 36 heavy (non-hydrogen) atoms. The van der Waals surface area contributed by atoms with E-state index >= 15 is 0 Å². The van der Waals surface area contributed by atoms with Crippen LogP contribution in [0.25, 0.3) is 0 Å². The van der Waals surface area contributed by atoms with E-state index in [1.165, 1.54) is 12.4 Å². The van der Waals surface area contributed by atoms with E-state index in [9.17, 15) is 13.2 Å². The van der Waals surface area contributed by atoms with Gasteiger partial charge in [0.25, 0.3) is 0 Å². The monoisotopic (exact) mass is 499 g/mol. The molecule has 4 heterocycles. The average molecular weight is 500 g/mol. The summed E-state index contributed by atoms with van der Waals surface area (Å²) in [6, 6.07) is 4.39. The number of benzene rings is 1. The zero-order valence-electron chi connectivity index (χ0n) is 20.0. The first kappa shape index (κ1) is 23.1. The molecule has 1 aromatic carbocycles. The summed E-state index contributed by atoms with van der Waals surface area (Å²) < 4.78 is 49.3. The zero-order chi connectivity index (χ0) is 24.8. The fourth-order valence-corrected chi connectivity index (χ4v) is 6.09. The summed E-state index contributed by atoms with van der Waals surface area (Å²) in [7, 11) is 1.59. The quantitative estimate of drug-likeness (QED) is 0.529. The van der Waals surface area contributed by atoms with Crippen LogP contribution in [0.1, 0.15) is 49.4 Å². The molecule has 2 fully saturated rings. The standard InChI is InChI=1S/C25H28F3N7O/c1-36-20-10-19(29-13-30-20)34-11-14-5-6-15(12-34)23(14)31-25-32-24-17(4-2-3-9-35(24)33-25)16-7-8-18(26)22(28)21(16)27/h7-8,10,13-15,17,23H,2-6,9,11-12H2,1H3,(H,31,33)/t14-,15+,17?,23+. The SMILES string of the molecule is COc1cc(N2C[C@H]3CC[C@@H](C2)[C@H]3Nc2nc3n(n2)CCCCC3c2ccc(F)c(F)c2F)ncn1. The minimum Gasteiger partial charge on any atom is -0.481 e. The molecule has 1 saturated carbocycles. The maximum Gasteiger partial charge on any atom is 0.242 e. The summed E-state index contributed by atoms with van der Waals surface area (Å²) in [4.78, 5) is 15.6. The molecule has 190 valence electrons. The van der Waals surface area contributed by atoms with E-state index in [-0.39, 0.29) is 11.6 Å². The van der Waals surface area contributed by atoms with Crippen LogP contribution in [0.3, 0.4) is 0 Å². The summed E-state index contributed by atoms with van der Waals surface area (Å²) in [6.07, 6.45) is 6.01. The molecule has 1 saturated heterocycles. The van der Waals surface area contributed by atoms with Crippen molar-refractivity contribution in [1.29, 1.82) is 0 Å². The van der Waals surface area contributed by atoms with Crippen molar-refractivity contribution >= 4 is 11.8 Å². The number of fused-ring (bicyclic) bond motifs is 3. The van der Waals surface area contributed by atoms with Gasteiger partial charge < -0.3 is 15.0 Å². The molecular formula is C25H28F3N7O. The van der Waals surface area contributed by atoms with Gasteiger partial charge in [-0.05, 0) is 43.6 Å². The van der Waals surface area contributed by atoms with Crippen LogP contribution in [0.4, 0.5) is 24.9 Å². The molecule has 1 N–H and O–H groups in total. The third-order valence-corrected chi connectivity index (χ3v) is 7.86. The topological polar surface area (TPSA) is 81.0 Å². The Balaban J connectivity index is 1.23. The second-order valence-corrected chi connectivity index (χ2v) is 9.92. The first-order chi connectivity index (χ1) is 17.5. The summed E-state index contributed by atoms with van der Waals surface area (Å²) in [5.74, 6) is -0.934. The Bertz CT molecular complexity index is 1250. The Morgan fingerprint density at radius 1 is 1.00 bits per heavy atom. The second kappa shape index (κ2) is 9.25. The number of anilines is 2. The average Bonchev–Trinajstić information content (AvgIpc) is 3.30. The number of nitrogens with zero attached hydrogens (tertiary/aromatic N) is 6. The Morgan fingerprint density at radius 2 is 1.81 bits per heavy atom. The van der Waals surface area contributed by atoms with Gasteiger partial charge in [0, 0.05) is 43.2 Å². The van der Waals surface area contributed by atoms with Crippen molar-refractivity contribution in [3.05, 3.63) is 53.4 Å². The molecule has 11 heteroatoms. The number of ether oxygens (including phenoxy) is 1.